The predicted octanol–water partition coefficient (Wildman–Crippen LogP) is 1.26. The van der Waals surface area contributed by atoms with E-state index in [1.165, 1.54) is 6.42 Å². The van der Waals surface area contributed by atoms with E-state index < -0.39 is 0 Å². The van der Waals surface area contributed by atoms with Crippen LogP contribution < -0.4 is 5.32 Å². The minimum atomic E-state index is 0. The van der Waals surface area contributed by atoms with E-state index in [-0.39, 0.29) is 36.8 Å². The van der Waals surface area contributed by atoms with E-state index in [0.717, 1.165) is 57.8 Å². The Bertz CT molecular complexity index is 500. The van der Waals surface area contributed by atoms with Gasteiger partial charge in [-0.2, -0.15) is 4.98 Å². The highest BCUT2D eigenvalue weighted by Gasteiger charge is 2.28. The number of piperidine rings is 1. The lowest BCUT2D eigenvalue weighted by Crippen LogP contribution is -2.54. The van der Waals surface area contributed by atoms with E-state index in [1.807, 2.05) is 11.8 Å². The average Bonchev–Trinajstić information content (AvgIpc) is 3.03. The number of piperazine rings is 1. The third-order valence-electron chi connectivity index (χ3n) is 4.47. The summed E-state index contributed by atoms with van der Waals surface area (Å²) < 4.78 is 5.13. The summed E-state index contributed by atoms with van der Waals surface area (Å²) >= 11 is 0. The van der Waals surface area contributed by atoms with Crippen molar-refractivity contribution in [1.82, 2.24) is 25.3 Å². The van der Waals surface area contributed by atoms with E-state index in [1.54, 1.807) is 0 Å². The van der Waals surface area contributed by atoms with Gasteiger partial charge >= 0.3 is 0 Å². The Morgan fingerprint density at radius 2 is 2.00 bits per heavy atom. The van der Waals surface area contributed by atoms with Crippen LogP contribution in [-0.4, -0.2) is 64.6 Å². The first kappa shape index (κ1) is 21.2. The molecule has 1 aromatic rings. The van der Waals surface area contributed by atoms with Crippen LogP contribution in [0, 0.1) is 0 Å². The zero-order chi connectivity index (χ0) is 15.4. The number of hydrogen-bond acceptors (Lipinski definition) is 6. The van der Waals surface area contributed by atoms with Gasteiger partial charge in [0.15, 0.2) is 5.82 Å². The smallest absolute Gasteiger partial charge is 0.239 e. The molecule has 2 aliphatic heterocycles. The summed E-state index contributed by atoms with van der Waals surface area (Å²) in [6.07, 6.45) is 4.08. The molecule has 9 heteroatoms. The number of carbonyl (C=O) groups is 1. The molecule has 2 saturated heterocycles. The number of hydrogen-bond donors (Lipinski definition) is 1. The molecule has 0 saturated carbocycles. The number of aryl methyl sites for hydroxylation is 1. The Labute approximate surface area is 155 Å². The highest BCUT2D eigenvalue weighted by Crippen LogP contribution is 2.13. The topological polar surface area (TPSA) is 74.5 Å². The molecule has 1 amide bonds. The SMILES string of the molecule is CCc1nc(CN2CCN(C(=O)[C@H]3CCCCN3)CC2)no1.Cl.Cl. The highest BCUT2D eigenvalue weighted by atomic mass is 35.5. The van der Waals surface area contributed by atoms with E-state index in [0.29, 0.717) is 12.4 Å². The van der Waals surface area contributed by atoms with Crippen molar-refractivity contribution in [1.29, 1.82) is 0 Å². The molecule has 1 atom stereocenters. The first-order valence-corrected chi connectivity index (χ1v) is 8.32. The molecule has 2 fully saturated rings. The van der Waals surface area contributed by atoms with Crippen molar-refractivity contribution < 1.29 is 9.32 Å². The fraction of sp³-hybridized carbons (Fsp3) is 0.800. The van der Waals surface area contributed by atoms with Crippen molar-refractivity contribution in [3.63, 3.8) is 0 Å². The van der Waals surface area contributed by atoms with Gasteiger partial charge in [0, 0.05) is 32.6 Å². The lowest BCUT2D eigenvalue weighted by molar-refractivity contribution is -0.135. The lowest BCUT2D eigenvalue weighted by atomic mass is 10.0. The molecule has 7 nitrogen and oxygen atoms in total. The Hall–Kier alpha value is -0.890. The number of rotatable bonds is 4. The van der Waals surface area contributed by atoms with E-state index in [4.69, 9.17) is 4.52 Å². The second-order valence-electron chi connectivity index (χ2n) is 6.06. The highest BCUT2D eigenvalue weighted by molar-refractivity contribution is 5.85. The molecular formula is C15H27Cl2N5O2. The van der Waals surface area contributed by atoms with Crippen LogP contribution in [-0.2, 0) is 17.8 Å². The normalized spacial score (nSPS) is 21.7. The van der Waals surface area contributed by atoms with Gasteiger partial charge in [-0.3, -0.25) is 9.69 Å². The molecule has 2 aliphatic rings. The summed E-state index contributed by atoms with van der Waals surface area (Å²) in [4.78, 5) is 21.1. The molecule has 138 valence electrons. The summed E-state index contributed by atoms with van der Waals surface area (Å²) in [6.45, 7) is 6.98. The van der Waals surface area contributed by atoms with Gasteiger partial charge in [0.25, 0.3) is 0 Å². The van der Waals surface area contributed by atoms with Crippen LogP contribution in [0.4, 0.5) is 0 Å². The summed E-state index contributed by atoms with van der Waals surface area (Å²) in [5.74, 6) is 1.70. The first-order chi connectivity index (χ1) is 10.8. The summed E-state index contributed by atoms with van der Waals surface area (Å²) in [5, 5.41) is 7.33. The number of halogens is 2. The van der Waals surface area contributed by atoms with Gasteiger partial charge < -0.3 is 14.7 Å². The van der Waals surface area contributed by atoms with Crippen LogP contribution in [0.2, 0.25) is 0 Å². The standard InChI is InChI=1S/C15H25N5O2.2ClH/c1-2-14-17-13(18-22-14)11-19-7-9-20(10-8-19)15(21)12-5-3-4-6-16-12;;/h12,16H,2-11H2,1H3;2*1H/t12-;;/m1../s1. The first-order valence-electron chi connectivity index (χ1n) is 8.32. The fourth-order valence-corrected chi connectivity index (χ4v) is 3.11. The number of nitrogens with one attached hydrogen (secondary N) is 1. The summed E-state index contributed by atoms with van der Waals surface area (Å²) in [5.41, 5.74) is 0. The number of carbonyl (C=O) groups excluding carboxylic acids is 1. The van der Waals surface area contributed by atoms with Gasteiger partial charge in [-0.15, -0.1) is 24.8 Å². The fourth-order valence-electron chi connectivity index (χ4n) is 3.11. The molecular weight excluding hydrogens is 353 g/mol. The van der Waals surface area contributed by atoms with Crippen LogP contribution in [0.15, 0.2) is 4.52 Å². The number of nitrogens with zero attached hydrogens (tertiary/aromatic N) is 4. The monoisotopic (exact) mass is 379 g/mol. The van der Waals surface area contributed by atoms with Gasteiger partial charge in [0.2, 0.25) is 11.8 Å². The van der Waals surface area contributed by atoms with Crippen LogP contribution in [0.1, 0.15) is 37.9 Å². The maximum absolute atomic E-state index is 12.5. The molecule has 1 N–H and O–H groups in total. The van der Waals surface area contributed by atoms with Crippen molar-refractivity contribution in [2.45, 2.75) is 45.2 Å². The second-order valence-corrected chi connectivity index (χ2v) is 6.06. The molecule has 0 aliphatic carbocycles. The van der Waals surface area contributed by atoms with Crippen LogP contribution in [0.25, 0.3) is 0 Å². The largest absolute Gasteiger partial charge is 0.339 e. The summed E-state index contributed by atoms with van der Waals surface area (Å²) in [7, 11) is 0. The Kier molecular flexibility index (Phi) is 8.97. The molecule has 0 aromatic carbocycles. The minimum Gasteiger partial charge on any atom is -0.339 e. The van der Waals surface area contributed by atoms with Gasteiger partial charge in [-0.1, -0.05) is 18.5 Å². The number of aromatic nitrogens is 2. The van der Waals surface area contributed by atoms with Gasteiger partial charge in [-0.25, -0.2) is 0 Å². The summed E-state index contributed by atoms with van der Waals surface area (Å²) in [6, 6.07) is 0.0321. The zero-order valence-corrected chi connectivity index (χ0v) is 15.7. The molecule has 3 heterocycles. The average molecular weight is 380 g/mol. The second kappa shape index (κ2) is 10.2. The molecule has 3 rings (SSSR count). The van der Waals surface area contributed by atoms with Gasteiger partial charge in [0.1, 0.15) is 0 Å². The van der Waals surface area contributed by atoms with E-state index in [9.17, 15) is 4.79 Å². The predicted molar refractivity (Wildman–Crippen MR) is 95.7 cm³/mol. The quantitative estimate of drug-likeness (QED) is 0.848. The molecule has 0 radical (unpaired) electrons. The zero-order valence-electron chi connectivity index (χ0n) is 14.1. The molecule has 0 unspecified atom stereocenters. The molecule has 24 heavy (non-hydrogen) atoms. The van der Waals surface area contributed by atoms with E-state index in [2.05, 4.69) is 20.4 Å². The maximum atomic E-state index is 12.5. The third kappa shape index (κ3) is 5.31. The van der Waals surface area contributed by atoms with Crippen molar-refractivity contribution in [2.24, 2.45) is 0 Å². The Balaban J connectivity index is 0.00000144. The van der Waals surface area contributed by atoms with Gasteiger partial charge in [-0.05, 0) is 19.4 Å². The van der Waals surface area contributed by atoms with Crippen molar-refractivity contribution >= 4 is 30.7 Å². The minimum absolute atomic E-state index is 0. The van der Waals surface area contributed by atoms with Crippen molar-refractivity contribution in [3.05, 3.63) is 11.7 Å². The Morgan fingerprint density at radius 1 is 1.25 bits per heavy atom. The van der Waals surface area contributed by atoms with Crippen LogP contribution in [0.3, 0.4) is 0 Å². The van der Waals surface area contributed by atoms with Crippen molar-refractivity contribution in [3.8, 4) is 0 Å². The lowest BCUT2D eigenvalue weighted by Gasteiger charge is -2.36. The van der Waals surface area contributed by atoms with Crippen LogP contribution >= 0.6 is 24.8 Å². The molecule has 0 bridgehead atoms. The molecule has 0 spiro atoms. The molecule has 1 aromatic heterocycles. The third-order valence-corrected chi connectivity index (χ3v) is 4.47. The van der Waals surface area contributed by atoms with Crippen molar-refractivity contribution in [2.75, 3.05) is 32.7 Å². The van der Waals surface area contributed by atoms with Crippen LogP contribution in [0.5, 0.6) is 0 Å². The maximum Gasteiger partial charge on any atom is 0.239 e. The Morgan fingerprint density at radius 3 is 2.58 bits per heavy atom. The van der Waals surface area contributed by atoms with E-state index >= 15 is 0 Å². The van der Waals surface area contributed by atoms with Gasteiger partial charge in [0.05, 0.1) is 12.6 Å². The number of amides is 1.